The number of ether oxygens (including phenoxy) is 1. The first-order valence-corrected chi connectivity index (χ1v) is 5.22. The lowest BCUT2D eigenvalue weighted by atomic mass is 10.2. The second-order valence-corrected chi connectivity index (χ2v) is 3.42. The predicted octanol–water partition coefficient (Wildman–Crippen LogP) is 1.72. The molecule has 0 unspecified atom stereocenters. The van der Waals surface area contributed by atoms with Crippen molar-refractivity contribution in [1.82, 2.24) is 0 Å². The lowest BCUT2D eigenvalue weighted by Crippen LogP contribution is -1.96. The molecule has 4 nitrogen and oxygen atoms in total. The smallest absolute Gasteiger partial charge is 0.336 e. The second-order valence-electron chi connectivity index (χ2n) is 3.42. The van der Waals surface area contributed by atoms with Gasteiger partial charge in [-0.2, -0.15) is 0 Å². The first-order chi connectivity index (χ1) is 8.29. The number of fused-ring (bicyclic) bond motifs is 1. The van der Waals surface area contributed by atoms with Gasteiger partial charge in [-0.05, 0) is 24.3 Å². The molecule has 0 aliphatic carbocycles. The Balaban J connectivity index is 2.19. The summed E-state index contributed by atoms with van der Waals surface area (Å²) in [4.78, 5) is 11.0. The highest BCUT2D eigenvalue weighted by molar-refractivity contribution is 5.77. The van der Waals surface area contributed by atoms with Crippen molar-refractivity contribution in [2.75, 3.05) is 13.2 Å². The quantitative estimate of drug-likeness (QED) is 0.644. The molecule has 0 fully saturated rings. The average molecular weight is 232 g/mol. The van der Waals surface area contributed by atoms with E-state index in [0.29, 0.717) is 17.9 Å². The third kappa shape index (κ3) is 2.95. The molecule has 0 spiro atoms. The van der Waals surface area contributed by atoms with E-state index in [1.807, 2.05) is 6.07 Å². The topological polar surface area (TPSA) is 59.7 Å². The van der Waals surface area contributed by atoms with Gasteiger partial charge in [-0.25, -0.2) is 4.79 Å². The van der Waals surface area contributed by atoms with Crippen LogP contribution in [0.5, 0.6) is 5.75 Å². The molecule has 1 aromatic heterocycles. The van der Waals surface area contributed by atoms with E-state index < -0.39 is 0 Å². The van der Waals surface area contributed by atoms with Crippen molar-refractivity contribution in [3.05, 3.63) is 52.9 Å². The Labute approximate surface area is 97.8 Å². The molecule has 2 rings (SSSR count). The summed E-state index contributed by atoms with van der Waals surface area (Å²) in [6.07, 6.45) is 3.31. The third-order valence-corrected chi connectivity index (χ3v) is 2.21. The predicted molar refractivity (Wildman–Crippen MR) is 64.2 cm³/mol. The summed E-state index contributed by atoms with van der Waals surface area (Å²) < 4.78 is 10.4. The first-order valence-electron chi connectivity index (χ1n) is 5.22. The number of hydrogen-bond donors (Lipinski definition) is 1. The molecular formula is C13H12O4. The minimum Gasteiger partial charge on any atom is -0.489 e. The van der Waals surface area contributed by atoms with Crippen molar-refractivity contribution >= 4 is 11.0 Å². The van der Waals surface area contributed by atoms with Crippen LogP contribution in [-0.2, 0) is 0 Å². The number of hydrogen-bond acceptors (Lipinski definition) is 4. The Morgan fingerprint density at radius 1 is 1.24 bits per heavy atom. The fraction of sp³-hybridized carbons (Fsp3) is 0.154. The molecule has 0 radical (unpaired) electrons. The van der Waals surface area contributed by atoms with E-state index in [9.17, 15) is 4.79 Å². The number of aliphatic hydroxyl groups excluding tert-OH is 1. The van der Waals surface area contributed by atoms with Gasteiger partial charge in [-0.1, -0.05) is 6.08 Å². The van der Waals surface area contributed by atoms with Gasteiger partial charge in [0.2, 0.25) is 0 Å². The zero-order valence-electron chi connectivity index (χ0n) is 9.13. The largest absolute Gasteiger partial charge is 0.489 e. The van der Waals surface area contributed by atoms with E-state index in [0.717, 1.165) is 5.39 Å². The van der Waals surface area contributed by atoms with Gasteiger partial charge in [-0.15, -0.1) is 0 Å². The van der Waals surface area contributed by atoms with E-state index in [2.05, 4.69) is 0 Å². The highest BCUT2D eigenvalue weighted by Crippen LogP contribution is 2.19. The van der Waals surface area contributed by atoms with Crippen LogP contribution in [0.1, 0.15) is 0 Å². The SMILES string of the molecule is O=c1ccc2ccc(OCC=CCO)cc2o1. The van der Waals surface area contributed by atoms with Crippen molar-refractivity contribution in [2.24, 2.45) is 0 Å². The first kappa shape index (κ1) is 11.4. The number of rotatable bonds is 4. The molecule has 0 saturated heterocycles. The average Bonchev–Trinajstić information content (AvgIpc) is 2.34. The molecule has 1 aromatic carbocycles. The van der Waals surface area contributed by atoms with E-state index >= 15 is 0 Å². The monoisotopic (exact) mass is 232 g/mol. The molecule has 0 aliphatic rings. The maximum Gasteiger partial charge on any atom is 0.336 e. The van der Waals surface area contributed by atoms with Gasteiger partial charge < -0.3 is 14.3 Å². The van der Waals surface area contributed by atoms with Crippen molar-refractivity contribution in [1.29, 1.82) is 0 Å². The fourth-order valence-corrected chi connectivity index (χ4v) is 1.42. The minimum absolute atomic E-state index is 0.00401. The van der Waals surface area contributed by atoms with Crippen LogP contribution in [0.3, 0.4) is 0 Å². The van der Waals surface area contributed by atoms with Gasteiger partial charge in [0.05, 0.1) is 6.61 Å². The summed E-state index contributed by atoms with van der Waals surface area (Å²) in [5, 5.41) is 9.39. The molecule has 0 saturated carbocycles. The van der Waals surface area contributed by atoms with Gasteiger partial charge in [0.25, 0.3) is 0 Å². The summed E-state index contributed by atoms with van der Waals surface area (Å²) in [6, 6.07) is 8.38. The third-order valence-electron chi connectivity index (χ3n) is 2.21. The second kappa shape index (κ2) is 5.32. The normalized spacial score (nSPS) is 11.1. The van der Waals surface area contributed by atoms with Crippen molar-refractivity contribution in [3.8, 4) is 5.75 Å². The van der Waals surface area contributed by atoms with Crippen LogP contribution in [0.2, 0.25) is 0 Å². The minimum atomic E-state index is -0.380. The summed E-state index contributed by atoms with van der Waals surface area (Å²) >= 11 is 0. The van der Waals surface area contributed by atoms with Crippen LogP contribution >= 0.6 is 0 Å². The zero-order chi connectivity index (χ0) is 12.1. The molecule has 2 aromatic rings. The van der Waals surface area contributed by atoms with Crippen LogP contribution in [0.25, 0.3) is 11.0 Å². The van der Waals surface area contributed by atoms with E-state index in [1.165, 1.54) is 6.07 Å². The molecule has 0 bridgehead atoms. The molecule has 4 heteroatoms. The van der Waals surface area contributed by atoms with Crippen LogP contribution in [0.15, 0.2) is 51.7 Å². The van der Waals surface area contributed by atoms with Crippen LogP contribution in [0, 0.1) is 0 Å². The molecular weight excluding hydrogens is 220 g/mol. The van der Waals surface area contributed by atoms with Gasteiger partial charge in [0, 0.05) is 17.5 Å². The molecule has 0 amide bonds. The summed E-state index contributed by atoms with van der Waals surface area (Å²) in [5.41, 5.74) is 0.121. The summed E-state index contributed by atoms with van der Waals surface area (Å²) in [5.74, 6) is 0.620. The van der Waals surface area contributed by atoms with Crippen molar-refractivity contribution < 1.29 is 14.3 Å². The maximum atomic E-state index is 11.0. The van der Waals surface area contributed by atoms with Gasteiger partial charge >= 0.3 is 5.63 Å². The Hall–Kier alpha value is -2.07. The number of aliphatic hydroxyl groups is 1. The highest BCUT2D eigenvalue weighted by Gasteiger charge is 1.99. The van der Waals surface area contributed by atoms with Gasteiger partial charge in [0.15, 0.2) is 0 Å². The molecule has 1 N–H and O–H groups in total. The van der Waals surface area contributed by atoms with Crippen molar-refractivity contribution in [2.45, 2.75) is 0 Å². The molecule has 17 heavy (non-hydrogen) atoms. The molecule has 0 atom stereocenters. The Morgan fingerprint density at radius 2 is 2.06 bits per heavy atom. The molecule has 88 valence electrons. The van der Waals surface area contributed by atoms with Crippen LogP contribution in [-0.4, -0.2) is 18.3 Å². The van der Waals surface area contributed by atoms with E-state index in [1.54, 1.807) is 30.4 Å². The van der Waals surface area contributed by atoms with E-state index in [-0.39, 0.29) is 12.2 Å². The summed E-state index contributed by atoms with van der Waals surface area (Å²) in [7, 11) is 0. The lowest BCUT2D eigenvalue weighted by Gasteiger charge is -2.03. The Kier molecular flexibility index (Phi) is 3.57. The zero-order valence-corrected chi connectivity index (χ0v) is 9.13. The number of benzene rings is 1. The maximum absolute atomic E-state index is 11.0. The molecule has 0 aliphatic heterocycles. The lowest BCUT2D eigenvalue weighted by molar-refractivity contribution is 0.336. The summed E-state index contributed by atoms with van der Waals surface area (Å²) in [6.45, 7) is 0.360. The van der Waals surface area contributed by atoms with Crippen LogP contribution < -0.4 is 10.4 Å². The standard InChI is InChI=1S/C13H12O4/c14-7-1-2-8-16-11-5-3-10-4-6-13(15)17-12(10)9-11/h1-6,9,14H,7-8H2. The van der Waals surface area contributed by atoms with E-state index in [4.69, 9.17) is 14.3 Å². The van der Waals surface area contributed by atoms with Gasteiger partial charge in [0.1, 0.15) is 17.9 Å². The van der Waals surface area contributed by atoms with Gasteiger partial charge in [-0.3, -0.25) is 0 Å². The fourth-order valence-electron chi connectivity index (χ4n) is 1.42. The van der Waals surface area contributed by atoms with Crippen molar-refractivity contribution in [3.63, 3.8) is 0 Å². The van der Waals surface area contributed by atoms with Crippen LogP contribution in [0.4, 0.5) is 0 Å². The highest BCUT2D eigenvalue weighted by atomic mass is 16.5. The Morgan fingerprint density at radius 3 is 2.88 bits per heavy atom. The molecule has 1 heterocycles. The Bertz CT molecular complexity index is 583.